The third kappa shape index (κ3) is 4.21. The van der Waals surface area contributed by atoms with E-state index in [4.69, 9.17) is 10.8 Å². The number of carbonyl (C=O) groups is 1. The molecule has 1 aromatic rings. The van der Waals surface area contributed by atoms with E-state index in [1.54, 1.807) is 26.0 Å². The fraction of sp³-hybridized carbons (Fsp3) is 0.533. The molecule has 0 fully saturated rings. The highest BCUT2D eigenvalue weighted by Gasteiger charge is 2.26. The van der Waals surface area contributed by atoms with Gasteiger partial charge in [-0.25, -0.2) is 0 Å². The third-order valence-electron chi connectivity index (χ3n) is 3.61. The lowest BCUT2D eigenvalue weighted by molar-refractivity contribution is -0.121. The fourth-order valence-corrected chi connectivity index (χ4v) is 2.16. The maximum Gasteiger partial charge on any atom is 0.220 e. The fourth-order valence-electron chi connectivity index (χ4n) is 2.16. The summed E-state index contributed by atoms with van der Waals surface area (Å²) in [7, 11) is 0. The van der Waals surface area contributed by atoms with Crippen molar-refractivity contribution in [3.8, 4) is 5.75 Å². The van der Waals surface area contributed by atoms with Crippen LogP contribution in [-0.2, 0) is 17.0 Å². The molecule has 0 radical (unpaired) electrons. The minimum absolute atomic E-state index is 0.0375. The van der Waals surface area contributed by atoms with Gasteiger partial charge >= 0.3 is 0 Å². The molecule has 0 heterocycles. The van der Waals surface area contributed by atoms with Crippen LogP contribution in [0.3, 0.4) is 0 Å². The standard InChI is InChI=1S/C15H23NO4/c1-10(14(16)19)4-3-7-15(2,20)12-6-5-11(9-17)8-13(12)18/h5-6,8,10,17-18,20H,3-4,7,9H2,1-2H3,(H2,16,19). The molecular weight excluding hydrogens is 258 g/mol. The van der Waals surface area contributed by atoms with Crippen LogP contribution in [0.1, 0.15) is 44.2 Å². The Bertz CT molecular complexity index is 471. The Morgan fingerprint density at radius 3 is 2.60 bits per heavy atom. The van der Waals surface area contributed by atoms with E-state index in [1.807, 2.05) is 0 Å². The van der Waals surface area contributed by atoms with Gasteiger partial charge in [0.2, 0.25) is 5.91 Å². The quantitative estimate of drug-likeness (QED) is 0.606. The molecule has 1 aromatic carbocycles. The molecule has 112 valence electrons. The number of phenols is 1. The van der Waals surface area contributed by atoms with Gasteiger partial charge in [0.15, 0.2) is 0 Å². The van der Waals surface area contributed by atoms with Gasteiger partial charge in [-0.1, -0.05) is 19.1 Å². The summed E-state index contributed by atoms with van der Waals surface area (Å²) < 4.78 is 0. The van der Waals surface area contributed by atoms with Gasteiger partial charge in [0.25, 0.3) is 0 Å². The molecule has 0 saturated heterocycles. The molecule has 2 unspecified atom stereocenters. The minimum atomic E-state index is -1.19. The number of carbonyl (C=O) groups excluding carboxylic acids is 1. The highest BCUT2D eigenvalue weighted by molar-refractivity contribution is 5.76. The topological polar surface area (TPSA) is 104 Å². The summed E-state index contributed by atoms with van der Waals surface area (Å²) in [5, 5.41) is 29.3. The second-order valence-corrected chi connectivity index (χ2v) is 5.48. The predicted octanol–water partition coefficient (Wildman–Crippen LogP) is 1.38. The first-order valence-corrected chi connectivity index (χ1v) is 6.73. The molecule has 0 bridgehead atoms. The molecule has 5 heteroatoms. The number of nitrogens with two attached hydrogens (primary N) is 1. The minimum Gasteiger partial charge on any atom is -0.508 e. The zero-order valence-electron chi connectivity index (χ0n) is 12.0. The van der Waals surface area contributed by atoms with Gasteiger partial charge in [-0.2, -0.15) is 0 Å². The Morgan fingerprint density at radius 2 is 2.10 bits per heavy atom. The van der Waals surface area contributed by atoms with Crippen molar-refractivity contribution < 1.29 is 20.1 Å². The Hall–Kier alpha value is -1.59. The van der Waals surface area contributed by atoms with Crippen LogP contribution >= 0.6 is 0 Å². The van der Waals surface area contributed by atoms with Gasteiger partial charge < -0.3 is 21.1 Å². The molecule has 0 aliphatic heterocycles. The zero-order valence-corrected chi connectivity index (χ0v) is 12.0. The largest absolute Gasteiger partial charge is 0.508 e. The summed E-state index contributed by atoms with van der Waals surface area (Å²) in [6.07, 6.45) is 1.63. The SMILES string of the molecule is CC(CCCC(C)(O)c1ccc(CO)cc1O)C(N)=O. The number of aliphatic hydroxyl groups is 2. The third-order valence-corrected chi connectivity index (χ3v) is 3.61. The van der Waals surface area contributed by atoms with Crippen molar-refractivity contribution in [3.63, 3.8) is 0 Å². The second-order valence-electron chi connectivity index (χ2n) is 5.48. The summed E-state index contributed by atoms with van der Waals surface area (Å²) in [6, 6.07) is 4.71. The van der Waals surface area contributed by atoms with Crippen molar-refractivity contribution in [2.24, 2.45) is 11.7 Å². The lowest BCUT2D eigenvalue weighted by atomic mass is 9.88. The van der Waals surface area contributed by atoms with Crippen LogP contribution in [0.5, 0.6) is 5.75 Å². The van der Waals surface area contributed by atoms with Crippen LogP contribution in [0, 0.1) is 5.92 Å². The van der Waals surface area contributed by atoms with Crippen molar-refractivity contribution in [2.75, 3.05) is 0 Å². The molecular formula is C15H23NO4. The normalized spacial score (nSPS) is 15.6. The van der Waals surface area contributed by atoms with Gasteiger partial charge in [0.1, 0.15) is 5.75 Å². The summed E-state index contributed by atoms with van der Waals surface area (Å²) in [4.78, 5) is 10.9. The number of benzene rings is 1. The lowest BCUT2D eigenvalue weighted by Gasteiger charge is -2.25. The summed E-state index contributed by atoms with van der Waals surface area (Å²) in [5.74, 6) is -0.611. The van der Waals surface area contributed by atoms with Gasteiger partial charge in [0.05, 0.1) is 12.2 Å². The van der Waals surface area contributed by atoms with Crippen LogP contribution in [0.2, 0.25) is 0 Å². The number of rotatable bonds is 7. The monoisotopic (exact) mass is 281 g/mol. The van der Waals surface area contributed by atoms with Crippen molar-refractivity contribution in [1.29, 1.82) is 0 Å². The van der Waals surface area contributed by atoms with Gasteiger partial charge in [-0.15, -0.1) is 0 Å². The number of hydrogen-bond acceptors (Lipinski definition) is 4. The first-order valence-electron chi connectivity index (χ1n) is 6.73. The van der Waals surface area contributed by atoms with Crippen LogP contribution in [0.15, 0.2) is 18.2 Å². The van der Waals surface area contributed by atoms with Gasteiger partial charge in [-0.05, 0) is 37.8 Å². The smallest absolute Gasteiger partial charge is 0.220 e. The summed E-state index contributed by atoms with van der Waals surface area (Å²) in [6.45, 7) is 3.21. The van der Waals surface area contributed by atoms with Crippen molar-refractivity contribution >= 4 is 5.91 Å². The molecule has 5 N–H and O–H groups in total. The molecule has 20 heavy (non-hydrogen) atoms. The molecule has 0 aliphatic rings. The highest BCUT2D eigenvalue weighted by Crippen LogP contribution is 2.34. The zero-order chi connectivity index (χ0) is 15.3. The van der Waals surface area contributed by atoms with Gasteiger partial charge in [-0.3, -0.25) is 4.79 Å². The number of hydrogen-bond donors (Lipinski definition) is 4. The first-order chi connectivity index (χ1) is 9.27. The maximum atomic E-state index is 10.9. The number of primary amides is 1. The number of phenolic OH excluding ortho intramolecular Hbond substituents is 1. The first kappa shape index (κ1) is 16.5. The van der Waals surface area contributed by atoms with E-state index in [0.717, 1.165) is 0 Å². The maximum absolute atomic E-state index is 10.9. The number of amides is 1. The van der Waals surface area contributed by atoms with Crippen molar-refractivity contribution in [3.05, 3.63) is 29.3 Å². The van der Waals surface area contributed by atoms with Crippen LogP contribution in [-0.4, -0.2) is 21.2 Å². The molecule has 0 aliphatic carbocycles. The average Bonchev–Trinajstić information content (AvgIpc) is 2.37. The molecule has 5 nitrogen and oxygen atoms in total. The second kappa shape index (κ2) is 6.72. The molecule has 0 aromatic heterocycles. The number of aromatic hydroxyl groups is 1. The van der Waals surface area contributed by atoms with Crippen LogP contribution in [0.25, 0.3) is 0 Å². The lowest BCUT2D eigenvalue weighted by Crippen LogP contribution is -2.24. The van der Waals surface area contributed by atoms with Crippen molar-refractivity contribution in [1.82, 2.24) is 0 Å². The van der Waals surface area contributed by atoms with E-state index in [0.29, 0.717) is 30.4 Å². The van der Waals surface area contributed by atoms with E-state index in [9.17, 15) is 15.0 Å². The molecule has 0 saturated carbocycles. The Morgan fingerprint density at radius 1 is 1.45 bits per heavy atom. The Labute approximate surface area is 119 Å². The predicted molar refractivity (Wildman–Crippen MR) is 75.8 cm³/mol. The van der Waals surface area contributed by atoms with Crippen molar-refractivity contribution in [2.45, 2.75) is 45.3 Å². The van der Waals surface area contributed by atoms with Crippen LogP contribution in [0.4, 0.5) is 0 Å². The Kier molecular flexibility index (Phi) is 5.53. The molecule has 2 atom stereocenters. The highest BCUT2D eigenvalue weighted by atomic mass is 16.3. The molecule has 0 spiro atoms. The Balaban J connectivity index is 2.71. The van der Waals surface area contributed by atoms with E-state index < -0.39 is 5.60 Å². The summed E-state index contributed by atoms with van der Waals surface area (Å²) in [5.41, 5.74) is 5.01. The molecule has 1 amide bonds. The van der Waals surface area contributed by atoms with Crippen LogP contribution < -0.4 is 5.73 Å². The average molecular weight is 281 g/mol. The van der Waals surface area contributed by atoms with E-state index in [2.05, 4.69) is 0 Å². The summed E-state index contributed by atoms with van der Waals surface area (Å²) >= 11 is 0. The van der Waals surface area contributed by atoms with E-state index in [-0.39, 0.29) is 24.2 Å². The molecule has 1 rings (SSSR count). The van der Waals surface area contributed by atoms with Gasteiger partial charge in [0, 0.05) is 11.5 Å². The van der Waals surface area contributed by atoms with E-state index >= 15 is 0 Å². The number of aliphatic hydroxyl groups excluding tert-OH is 1. The van der Waals surface area contributed by atoms with E-state index in [1.165, 1.54) is 6.07 Å².